The maximum absolute atomic E-state index is 11.7. The Hall–Kier alpha value is -0.910. The number of rotatable bonds is 2. The first-order chi connectivity index (χ1) is 7.65. The molecule has 0 aliphatic carbocycles. The number of thiophene rings is 1. The summed E-state index contributed by atoms with van der Waals surface area (Å²) in [7, 11) is 0. The van der Waals surface area contributed by atoms with Crippen LogP contribution in [0.5, 0.6) is 0 Å². The molecule has 0 saturated heterocycles. The van der Waals surface area contributed by atoms with Crippen LogP contribution in [0, 0.1) is 0 Å². The second kappa shape index (κ2) is 4.95. The summed E-state index contributed by atoms with van der Waals surface area (Å²) in [4.78, 5) is 16.4. The highest BCUT2D eigenvalue weighted by atomic mass is 79.9. The van der Waals surface area contributed by atoms with E-state index in [0.717, 1.165) is 0 Å². The molecule has 0 aliphatic heterocycles. The normalized spacial score (nSPS) is 10.1. The number of aromatic nitrogens is 1. The van der Waals surface area contributed by atoms with E-state index < -0.39 is 0 Å². The third-order valence-corrected chi connectivity index (χ3v) is 3.43. The zero-order valence-corrected chi connectivity index (χ0v) is 11.1. The summed E-state index contributed by atoms with van der Waals surface area (Å²) in [5.41, 5.74) is 0. The lowest BCUT2D eigenvalue weighted by Crippen LogP contribution is -2.11. The van der Waals surface area contributed by atoms with Gasteiger partial charge in [-0.15, -0.1) is 11.3 Å². The Morgan fingerprint density at radius 1 is 1.38 bits per heavy atom. The number of hydrogen-bond acceptors (Lipinski definition) is 3. The Balaban J connectivity index is 2.13. The topological polar surface area (TPSA) is 42.0 Å². The number of carbonyl (C=O) groups excluding carboxylic acids is 1. The van der Waals surface area contributed by atoms with Crippen LogP contribution in [-0.4, -0.2) is 10.9 Å². The molecule has 2 aromatic rings. The third kappa shape index (κ3) is 2.81. The number of halogens is 2. The average Bonchev–Trinajstić information content (AvgIpc) is 2.65. The first-order valence-corrected chi connectivity index (χ1v) is 6.33. The highest BCUT2D eigenvalue weighted by Gasteiger charge is 2.09. The number of amides is 1. The Morgan fingerprint density at radius 3 is 2.81 bits per heavy atom. The third-order valence-electron chi connectivity index (χ3n) is 1.75. The van der Waals surface area contributed by atoms with E-state index in [9.17, 15) is 4.79 Å². The molecule has 0 bridgehead atoms. The van der Waals surface area contributed by atoms with Crippen molar-refractivity contribution in [1.82, 2.24) is 4.98 Å². The zero-order valence-electron chi connectivity index (χ0n) is 7.91. The molecule has 6 heteroatoms. The lowest BCUT2D eigenvalue weighted by atomic mass is 10.4. The van der Waals surface area contributed by atoms with Crippen molar-refractivity contribution in [2.24, 2.45) is 0 Å². The molecule has 0 unspecified atom stereocenters. The van der Waals surface area contributed by atoms with Gasteiger partial charge < -0.3 is 5.32 Å². The second-order valence-corrected chi connectivity index (χ2v) is 5.43. The molecule has 0 radical (unpaired) electrons. The van der Waals surface area contributed by atoms with Crippen molar-refractivity contribution < 1.29 is 4.79 Å². The fourth-order valence-electron chi connectivity index (χ4n) is 1.09. The molecule has 82 valence electrons. The van der Waals surface area contributed by atoms with Gasteiger partial charge in [-0.1, -0.05) is 17.7 Å². The predicted octanol–water partition coefficient (Wildman–Crippen LogP) is 3.81. The molecule has 1 N–H and O–H groups in total. The quantitative estimate of drug-likeness (QED) is 0.856. The molecule has 2 rings (SSSR count). The minimum Gasteiger partial charge on any atom is -0.306 e. The molecule has 16 heavy (non-hydrogen) atoms. The van der Waals surface area contributed by atoms with Crippen molar-refractivity contribution in [2.45, 2.75) is 0 Å². The summed E-state index contributed by atoms with van der Waals surface area (Å²) < 4.78 is 1.27. The van der Waals surface area contributed by atoms with Crippen molar-refractivity contribution in [2.75, 3.05) is 5.32 Å². The number of pyridine rings is 1. The fraction of sp³-hybridized carbons (Fsp3) is 0. The monoisotopic (exact) mass is 316 g/mol. The van der Waals surface area contributed by atoms with Gasteiger partial charge in [0.25, 0.3) is 5.91 Å². The van der Waals surface area contributed by atoms with E-state index in [1.54, 1.807) is 30.3 Å². The summed E-state index contributed by atoms with van der Waals surface area (Å²) in [6, 6.07) is 8.68. The van der Waals surface area contributed by atoms with Gasteiger partial charge in [0.1, 0.15) is 10.4 Å². The van der Waals surface area contributed by atoms with Crippen molar-refractivity contribution in [3.8, 4) is 0 Å². The first-order valence-electron chi connectivity index (χ1n) is 4.34. The summed E-state index contributed by atoms with van der Waals surface area (Å²) in [5, 5.41) is 2.68. The Bertz CT molecular complexity index is 529. The molecule has 2 aromatic heterocycles. The van der Waals surface area contributed by atoms with Crippen molar-refractivity contribution in [3.63, 3.8) is 0 Å². The number of anilines is 1. The lowest BCUT2D eigenvalue weighted by molar-refractivity contribution is 0.103. The van der Waals surface area contributed by atoms with Crippen molar-refractivity contribution in [1.29, 1.82) is 0 Å². The van der Waals surface area contributed by atoms with Gasteiger partial charge in [0, 0.05) is 0 Å². The van der Waals surface area contributed by atoms with Gasteiger partial charge in [-0.3, -0.25) is 4.79 Å². The van der Waals surface area contributed by atoms with Crippen LogP contribution in [-0.2, 0) is 0 Å². The number of hydrogen-bond donors (Lipinski definition) is 1. The highest BCUT2D eigenvalue weighted by molar-refractivity contribution is 9.10. The fourth-order valence-corrected chi connectivity index (χ4v) is 2.37. The van der Waals surface area contributed by atoms with Crippen LogP contribution in [0.25, 0.3) is 0 Å². The molecule has 0 aliphatic rings. The van der Waals surface area contributed by atoms with Gasteiger partial charge in [0.2, 0.25) is 0 Å². The van der Waals surface area contributed by atoms with Crippen LogP contribution in [0.2, 0.25) is 4.34 Å². The van der Waals surface area contributed by atoms with Gasteiger partial charge in [0.15, 0.2) is 0 Å². The molecule has 2 heterocycles. The SMILES string of the molecule is O=C(Nc1cccc(Br)n1)c1ccc(Cl)s1. The molecular formula is C10H6BrClN2OS. The summed E-state index contributed by atoms with van der Waals surface area (Å²) in [6.45, 7) is 0. The van der Waals surface area contributed by atoms with Crippen LogP contribution in [0.4, 0.5) is 5.82 Å². The van der Waals surface area contributed by atoms with Gasteiger partial charge in [0.05, 0.1) is 9.21 Å². The predicted molar refractivity (Wildman–Crippen MR) is 69.2 cm³/mol. The van der Waals surface area contributed by atoms with E-state index >= 15 is 0 Å². The number of carbonyl (C=O) groups is 1. The maximum Gasteiger partial charge on any atom is 0.266 e. The largest absolute Gasteiger partial charge is 0.306 e. The van der Waals surface area contributed by atoms with E-state index in [4.69, 9.17) is 11.6 Å². The number of nitrogens with zero attached hydrogens (tertiary/aromatic N) is 1. The summed E-state index contributed by atoms with van der Waals surface area (Å²) >= 11 is 10.2. The second-order valence-electron chi connectivity index (χ2n) is 2.90. The van der Waals surface area contributed by atoms with Crippen LogP contribution >= 0.6 is 38.9 Å². The molecule has 3 nitrogen and oxygen atoms in total. The van der Waals surface area contributed by atoms with Gasteiger partial charge in [-0.2, -0.15) is 0 Å². The molecule has 0 spiro atoms. The van der Waals surface area contributed by atoms with E-state index in [1.807, 2.05) is 0 Å². The van der Waals surface area contributed by atoms with E-state index in [-0.39, 0.29) is 5.91 Å². The highest BCUT2D eigenvalue weighted by Crippen LogP contribution is 2.22. The Morgan fingerprint density at radius 2 is 2.19 bits per heavy atom. The van der Waals surface area contributed by atoms with E-state index in [1.165, 1.54) is 11.3 Å². The minimum atomic E-state index is -0.206. The Labute approximate surface area is 110 Å². The minimum absolute atomic E-state index is 0.206. The van der Waals surface area contributed by atoms with Crippen molar-refractivity contribution in [3.05, 3.63) is 44.1 Å². The average molecular weight is 318 g/mol. The van der Waals surface area contributed by atoms with Gasteiger partial charge in [-0.05, 0) is 40.2 Å². The molecule has 1 amide bonds. The smallest absolute Gasteiger partial charge is 0.266 e. The van der Waals surface area contributed by atoms with Crippen LogP contribution < -0.4 is 5.32 Å². The molecule has 0 saturated carbocycles. The molecule has 0 aromatic carbocycles. The van der Waals surface area contributed by atoms with Crippen LogP contribution in [0.3, 0.4) is 0 Å². The zero-order chi connectivity index (χ0) is 11.5. The van der Waals surface area contributed by atoms with E-state index in [2.05, 4.69) is 26.2 Å². The Kier molecular flexibility index (Phi) is 3.58. The number of nitrogens with one attached hydrogen (secondary N) is 1. The van der Waals surface area contributed by atoms with Gasteiger partial charge >= 0.3 is 0 Å². The molecule has 0 atom stereocenters. The molecular weight excluding hydrogens is 312 g/mol. The van der Waals surface area contributed by atoms with Crippen LogP contribution in [0.15, 0.2) is 34.9 Å². The van der Waals surface area contributed by atoms with Gasteiger partial charge in [-0.25, -0.2) is 4.98 Å². The lowest BCUT2D eigenvalue weighted by Gasteiger charge is -2.02. The maximum atomic E-state index is 11.7. The first kappa shape index (κ1) is 11.6. The van der Waals surface area contributed by atoms with E-state index in [0.29, 0.717) is 19.6 Å². The molecule has 0 fully saturated rings. The summed E-state index contributed by atoms with van der Waals surface area (Å²) in [6.07, 6.45) is 0. The standard InChI is InChI=1S/C10H6BrClN2OS/c11-7-2-1-3-9(13-7)14-10(15)6-4-5-8(12)16-6/h1-5H,(H,13,14,15). The van der Waals surface area contributed by atoms with Crippen LogP contribution in [0.1, 0.15) is 9.67 Å². The van der Waals surface area contributed by atoms with Crippen molar-refractivity contribution >= 4 is 50.6 Å². The summed E-state index contributed by atoms with van der Waals surface area (Å²) in [5.74, 6) is 0.298.